The predicted molar refractivity (Wildman–Crippen MR) is 111 cm³/mol. The molecule has 2 saturated carbocycles. The van der Waals surface area contributed by atoms with Gasteiger partial charge in [-0.05, 0) is 77.0 Å². The van der Waals surface area contributed by atoms with Crippen molar-refractivity contribution in [2.45, 2.75) is 77.4 Å². The SMILES string of the molecule is CC=CC=CCOC1CCC(C2CCC(OCC=CC=CC)CC2)CC1. The van der Waals surface area contributed by atoms with E-state index in [-0.39, 0.29) is 0 Å². The minimum atomic E-state index is 0.477. The highest BCUT2D eigenvalue weighted by Crippen LogP contribution is 2.39. The van der Waals surface area contributed by atoms with Gasteiger partial charge in [0.05, 0.1) is 25.4 Å². The maximum Gasteiger partial charge on any atom is 0.0654 e. The molecule has 0 bridgehead atoms. The van der Waals surface area contributed by atoms with E-state index in [0.29, 0.717) is 12.2 Å². The van der Waals surface area contributed by atoms with Crippen molar-refractivity contribution in [3.8, 4) is 0 Å². The van der Waals surface area contributed by atoms with Gasteiger partial charge in [-0.2, -0.15) is 0 Å². The largest absolute Gasteiger partial charge is 0.374 e. The lowest BCUT2D eigenvalue weighted by molar-refractivity contribution is 0.00196. The fourth-order valence-corrected chi connectivity index (χ4v) is 4.33. The molecule has 2 fully saturated rings. The molecule has 2 heteroatoms. The summed E-state index contributed by atoms with van der Waals surface area (Å²) in [5.74, 6) is 1.84. The minimum Gasteiger partial charge on any atom is -0.374 e. The Kier molecular flexibility index (Phi) is 10.7. The molecule has 0 atom stereocenters. The molecule has 0 radical (unpaired) electrons. The van der Waals surface area contributed by atoms with E-state index in [1.54, 1.807) is 0 Å². The molecule has 0 N–H and O–H groups in total. The zero-order chi connectivity index (χ0) is 18.5. The van der Waals surface area contributed by atoms with Gasteiger partial charge in [0, 0.05) is 0 Å². The first-order valence-electron chi connectivity index (χ1n) is 10.6. The van der Waals surface area contributed by atoms with Crippen molar-refractivity contribution in [3.63, 3.8) is 0 Å². The Morgan fingerprint density at radius 3 is 1.31 bits per heavy atom. The molecule has 2 nitrogen and oxygen atoms in total. The fraction of sp³-hybridized carbons (Fsp3) is 0.667. The summed E-state index contributed by atoms with van der Waals surface area (Å²) >= 11 is 0. The maximum atomic E-state index is 6.00. The lowest BCUT2D eigenvalue weighted by atomic mass is 9.72. The van der Waals surface area contributed by atoms with Crippen molar-refractivity contribution in [1.82, 2.24) is 0 Å². The Hall–Kier alpha value is -1.12. The van der Waals surface area contributed by atoms with Crippen LogP contribution in [0.5, 0.6) is 0 Å². The second kappa shape index (κ2) is 13.1. The second-order valence-corrected chi connectivity index (χ2v) is 7.65. The van der Waals surface area contributed by atoms with E-state index in [1.165, 1.54) is 51.4 Å². The zero-order valence-corrected chi connectivity index (χ0v) is 16.8. The summed E-state index contributed by atoms with van der Waals surface area (Å²) in [6.45, 7) is 5.58. The van der Waals surface area contributed by atoms with E-state index in [2.05, 4.69) is 36.5 Å². The van der Waals surface area contributed by atoms with Gasteiger partial charge in [-0.15, -0.1) is 0 Å². The van der Waals surface area contributed by atoms with Crippen LogP contribution in [0, 0.1) is 11.8 Å². The van der Waals surface area contributed by atoms with Gasteiger partial charge in [-0.3, -0.25) is 0 Å². The first-order valence-corrected chi connectivity index (χ1v) is 10.6. The molecule has 0 saturated heterocycles. The molecular formula is C24H38O2. The van der Waals surface area contributed by atoms with Crippen LogP contribution in [0.3, 0.4) is 0 Å². The molecule has 2 aliphatic carbocycles. The topological polar surface area (TPSA) is 18.5 Å². The molecular weight excluding hydrogens is 320 g/mol. The number of hydrogen-bond acceptors (Lipinski definition) is 2. The molecule has 2 aliphatic rings. The lowest BCUT2D eigenvalue weighted by Gasteiger charge is -2.37. The number of allylic oxidation sites excluding steroid dienone is 6. The van der Waals surface area contributed by atoms with Crippen LogP contribution in [0.1, 0.15) is 65.2 Å². The Morgan fingerprint density at radius 1 is 0.577 bits per heavy atom. The summed E-state index contributed by atoms with van der Waals surface area (Å²) in [6.07, 6.45) is 27.9. The quantitative estimate of drug-likeness (QED) is 0.444. The molecule has 0 unspecified atom stereocenters. The summed E-state index contributed by atoms with van der Waals surface area (Å²) in [6, 6.07) is 0. The molecule has 146 valence electrons. The average Bonchev–Trinajstić information content (AvgIpc) is 2.69. The summed E-state index contributed by atoms with van der Waals surface area (Å²) in [4.78, 5) is 0. The van der Waals surface area contributed by atoms with Gasteiger partial charge in [0.15, 0.2) is 0 Å². The van der Waals surface area contributed by atoms with Gasteiger partial charge in [-0.1, -0.05) is 48.6 Å². The predicted octanol–water partition coefficient (Wildman–Crippen LogP) is 6.40. The first-order chi connectivity index (χ1) is 12.8. The average molecular weight is 359 g/mol. The van der Waals surface area contributed by atoms with Crippen molar-refractivity contribution < 1.29 is 9.47 Å². The Balaban J connectivity index is 1.58. The number of ether oxygens (including phenoxy) is 2. The van der Waals surface area contributed by atoms with Crippen LogP contribution in [-0.2, 0) is 9.47 Å². The first kappa shape index (κ1) is 21.2. The van der Waals surface area contributed by atoms with Crippen LogP contribution in [0.2, 0.25) is 0 Å². The Bertz CT molecular complexity index is 415. The molecule has 0 heterocycles. The van der Waals surface area contributed by atoms with Crippen molar-refractivity contribution in [2.24, 2.45) is 11.8 Å². The van der Waals surface area contributed by atoms with Gasteiger partial charge < -0.3 is 9.47 Å². The Labute approximate surface area is 161 Å². The summed E-state index contributed by atoms with van der Waals surface area (Å²) in [5, 5.41) is 0. The third kappa shape index (κ3) is 8.05. The van der Waals surface area contributed by atoms with Gasteiger partial charge in [0.25, 0.3) is 0 Å². The maximum absolute atomic E-state index is 6.00. The van der Waals surface area contributed by atoms with Crippen molar-refractivity contribution in [1.29, 1.82) is 0 Å². The van der Waals surface area contributed by atoms with Crippen LogP contribution in [0.15, 0.2) is 48.6 Å². The Morgan fingerprint density at radius 2 is 0.962 bits per heavy atom. The summed E-state index contributed by atoms with van der Waals surface area (Å²) < 4.78 is 12.0. The molecule has 0 spiro atoms. The highest BCUT2D eigenvalue weighted by Gasteiger charge is 2.31. The highest BCUT2D eigenvalue weighted by atomic mass is 16.5. The van der Waals surface area contributed by atoms with Gasteiger partial charge >= 0.3 is 0 Å². The monoisotopic (exact) mass is 358 g/mol. The van der Waals surface area contributed by atoms with E-state index in [9.17, 15) is 0 Å². The van der Waals surface area contributed by atoms with Gasteiger partial charge in [0.1, 0.15) is 0 Å². The molecule has 0 aromatic heterocycles. The van der Waals surface area contributed by atoms with Crippen LogP contribution in [-0.4, -0.2) is 25.4 Å². The molecule has 0 amide bonds. The van der Waals surface area contributed by atoms with Crippen molar-refractivity contribution in [3.05, 3.63) is 48.6 Å². The number of rotatable bonds is 9. The van der Waals surface area contributed by atoms with Crippen molar-refractivity contribution >= 4 is 0 Å². The van der Waals surface area contributed by atoms with Crippen LogP contribution in [0.25, 0.3) is 0 Å². The third-order valence-electron chi connectivity index (χ3n) is 5.84. The molecule has 0 aliphatic heterocycles. The smallest absolute Gasteiger partial charge is 0.0654 e. The van der Waals surface area contributed by atoms with Crippen molar-refractivity contribution in [2.75, 3.05) is 13.2 Å². The van der Waals surface area contributed by atoms with Crippen LogP contribution < -0.4 is 0 Å². The van der Waals surface area contributed by atoms with E-state index in [0.717, 1.165) is 25.0 Å². The molecule has 2 rings (SSSR count). The summed E-state index contributed by atoms with van der Waals surface area (Å²) in [5.41, 5.74) is 0. The van der Waals surface area contributed by atoms with E-state index in [4.69, 9.17) is 9.47 Å². The molecule has 0 aromatic rings. The highest BCUT2D eigenvalue weighted by molar-refractivity contribution is 5.01. The second-order valence-electron chi connectivity index (χ2n) is 7.65. The van der Waals surface area contributed by atoms with Crippen LogP contribution >= 0.6 is 0 Å². The lowest BCUT2D eigenvalue weighted by Crippen LogP contribution is -2.30. The van der Waals surface area contributed by atoms with Gasteiger partial charge in [0.2, 0.25) is 0 Å². The van der Waals surface area contributed by atoms with E-state index in [1.807, 2.05) is 26.0 Å². The number of hydrogen-bond donors (Lipinski definition) is 0. The van der Waals surface area contributed by atoms with Crippen LogP contribution in [0.4, 0.5) is 0 Å². The molecule has 26 heavy (non-hydrogen) atoms. The molecule has 0 aromatic carbocycles. The minimum absolute atomic E-state index is 0.477. The third-order valence-corrected chi connectivity index (χ3v) is 5.84. The summed E-state index contributed by atoms with van der Waals surface area (Å²) in [7, 11) is 0. The van der Waals surface area contributed by atoms with E-state index >= 15 is 0 Å². The van der Waals surface area contributed by atoms with Gasteiger partial charge in [-0.25, -0.2) is 0 Å². The fourth-order valence-electron chi connectivity index (χ4n) is 4.33. The normalized spacial score (nSPS) is 31.0. The van der Waals surface area contributed by atoms with E-state index < -0.39 is 0 Å². The zero-order valence-electron chi connectivity index (χ0n) is 16.8. The standard InChI is InChI=1S/C24H38O2/c1-3-5-7-9-19-25-23-15-11-21(12-16-23)22-13-17-24(18-14-22)26-20-10-8-6-4-2/h3-10,21-24H,11-20H2,1-2H3.